The second-order valence-corrected chi connectivity index (χ2v) is 7.62. The van der Waals surface area contributed by atoms with Gasteiger partial charge in [-0.2, -0.15) is 0 Å². The molecule has 1 amide bonds. The summed E-state index contributed by atoms with van der Waals surface area (Å²) in [6.07, 6.45) is 5.05. The summed E-state index contributed by atoms with van der Waals surface area (Å²) in [5, 5.41) is 6.64. The maximum absolute atomic E-state index is 13.4. The van der Waals surface area contributed by atoms with Crippen molar-refractivity contribution < 1.29 is 9.18 Å². The van der Waals surface area contributed by atoms with Crippen LogP contribution in [0.4, 0.5) is 10.1 Å². The predicted molar refractivity (Wildman–Crippen MR) is 114 cm³/mol. The van der Waals surface area contributed by atoms with Gasteiger partial charge in [-0.05, 0) is 68.8 Å². The first-order valence-corrected chi connectivity index (χ1v) is 9.62. The number of amides is 1. The Bertz CT molecular complexity index is 584. The molecule has 0 bridgehead atoms. The number of nitrogens with one attached hydrogen (secondary N) is 2. The molecule has 0 aromatic heterocycles. The van der Waals surface area contributed by atoms with E-state index in [2.05, 4.69) is 22.5 Å². The van der Waals surface area contributed by atoms with Crippen molar-refractivity contribution in [2.45, 2.75) is 45.1 Å². The number of piperidine rings is 2. The van der Waals surface area contributed by atoms with Crippen LogP contribution in [0.1, 0.15) is 39.0 Å². The Morgan fingerprint density at radius 3 is 2.85 bits per heavy atom. The highest BCUT2D eigenvalue weighted by atomic mass is 35.5. The molecule has 3 atom stereocenters. The zero-order valence-electron chi connectivity index (χ0n) is 16.0. The van der Waals surface area contributed by atoms with Crippen molar-refractivity contribution in [2.75, 3.05) is 31.1 Å². The number of anilines is 1. The smallest absolute Gasteiger partial charge is 0.220 e. The van der Waals surface area contributed by atoms with E-state index in [0.717, 1.165) is 44.7 Å². The molecule has 0 saturated carbocycles. The molecular weight excluding hydrogens is 388 g/mol. The number of hydrogen-bond donors (Lipinski definition) is 2. The summed E-state index contributed by atoms with van der Waals surface area (Å²) in [5.74, 6) is 0.966. The third-order valence-electron chi connectivity index (χ3n) is 5.61. The molecular formula is C20H32Cl2FN3O. The second kappa shape index (κ2) is 11.7. The van der Waals surface area contributed by atoms with E-state index in [9.17, 15) is 9.18 Å². The highest BCUT2D eigenvalue weighted by Gasteiger charge is 2.25. The van der Waals surface area contributed by atoms with Gasteiger partial charge in [0, 0.05) is 31.2 Å². The number of rotatable bonds is 5. The van der Waals surface area contributed by atoms with Gasteiger partial charge in [-0.1, -0.05) is 13.0 Å². The Morgan fingerprint density at radius 1 is 1.33 bits per heavy atom. The molecule has 7 heteroatoms. The van der Waals surface area contributed by atoms with Gasteiger partial charge in [0.05, 0.1) is 0 Å². The zero-order valence-corrected chi connectivity index (χ0v) is 17.6. The molecule has 27 heavy (non-hydrogen) atoms. The first-order valence-electron chi connectivity index (χ1n) is 9.62. The maximum atomic E-state index is 13.4. The van der Waals surface area contributed by atoms with Crippen molar-refractivity contribution in [3.8, 4) is 0 Å². The summed E-state index contributed by atoms with van der Waals surface area (Å²) in [5.41, 5.74) is 0.903. The fourth-order valence-corrected chi connectivity index (χ4v) is 4.11. The highest BCUT2D eigenvalue weighted by molar-refractivity contribution is 5.85. The van der Waals surface area contributed by atoms with Crippen molar-refractivity contribution in [1.29, 1.82) is 0 Å². The van der Waals surface area contributed by atoms with Gasteiger partial charge in [-0.15, -0.1) is 24.8 Å². The molecule has 154 valence electrons. The monoisotopic (exact) mass is 419 g/mol. The van der Waals surface area contributed by atoms with Crippen LogP contribution < -0.4 is 15.5 Å². The van der Waals surface area contributed by atoms with E-state index in [1.165, 1.54) is 18.9 Å². The van der Waals surface area contributed by atoms with Crippen LogP contribution in [-0.4, -0.2) is 38.1 Å². The third kappa shape index (κ3) is 7.13. The molecule has 1 aromatic carbocycles. The third-order valence-corrected chi connectivity index (χ3v) is 5.61. The Kier molecular flexibility index (Phi) is 10.4. The van der Waals surface area contributed by atoms with E-state index in [0.29, 0.717) is 18.3 Å². The van der Waals surface area contributed by atoms with E-state index < -0.39 is 0 Å². The van der Waals surface area contributed by atoms with Crippen LogP contribution in [0.2, 0.25) is 0 Å². The molecule has 4 nitrogen and oxygen atoms in total. The molecule has 0 spiro atoms. The average molecular weight is 420 g/mol. The van der Waals surface area contributed by atoms with E-state index in [1.54, 1.807) is 12.1 Å². The molecule has 2 aliphatic heterocycles. The molecule has 2 saturated heterocycles. The van der Waals surface area contributed by atoms with Crippen LogP contribution in [0.25, 0.3) is 0 Å². The molecule has 2 N–H and O–H groups in total. The Hall–Kier alpha value is -1.04. The van der Waals surface area contributed by atoms with Gasteiger partial charge in [0.25, 0.3) is 0 Å². The first kappa shape index (κ1) is 24.0. The number of nitrogens with zero attached hydrogens (tertiary/aromatic N) is 1. The highest BCUT2D eigenvalue weighted by Crippen LogP contribution is 2.23. The largest absolute Gasteiger partial charge is 0.369 e. The quantitative estimate of drug-likeness (QED) is 0.762. The van der Waals surface area contributed by atoms with Crippen molar-refractivity contribution in [1.82, 2.24) is 10.6 Å². The van der Waals surface area contributed by atoms with E-state index in [1.807, 2.05) is 6.07 Å². The SMILES string of the molecule is CC(CC(=O)NC1CCCN(c2cccc(F)c2)C1)C1CCCNC1.Cl.Cl. The second-order valence-electron chi connectivity index (χ2n) is 7.62. The molecule has 3 rings (SSSR count). The molecule has 3 unspecified atom stereocenters. The van der Waals surface area contributed by atoms with Gasteiger partial charge in [0.2, 0.25) is 5.91 Å². The Balaban J connectivity index is 0.00000182. The number of halogens is 3. The van der Waals surface area contributed by atoms with Gasteiger partial charge >= 0.3 is 0 Å². The fourth-order valence-electron chi connectivity index (χ4n) is 4.11. The molecule has 2 aliphatic rings. The lowest BCUT2D eigenvalue weighted by Crippen LogP contribution is -2.48. The topological polar surface area (TPSA) is 44.4 Å². The normalized spacial score (nSPS) is 23.6. The first-order chi connectivity index (χ1) is 12.1. The lowest BCUT2D eigenvalue weighted by Gasteiger charge is -2.35. The molecule has 1 aromatic rings. The Labute approximate surface area is 174 Å². The van der Waals surface area contributed by atoms with Crippen LogP contribution >= 0.6 is 24.8 Å². The van der Waals surface area contributed by atoms with Crippen LogP contribution in [0.3, 0.4) is 0 Å². The molecule has 0 radical (unpaired) electrons. The summed E-state index contributed by atoms with van der Waals surface area (Å²) in [7, 11) is 0. The van der Waals surface area contributed by atoms with Crippen LogP contribution in [-0.2, 0) is 4.79 Å². The number of carbonyl (C=O) groups excluding carboxylic acids is 1. The number of benzene rings is 1. The predicted octanol–water partition coefficient (Wildman–Crippen LogP) is 3.78. The Morgan fingerprint density at radius 2 is 2.15 bits per heavy atom. The number of carbonyl (C=O) groups is 1. The van der Waals surface area contributed by atoms with E-state index in [-0.39, 0.29) is 42.6 Å². The van der Waals surface area contributed by atoms with Gasteiger partial charge in [-0.3, -0.25) is 4.79 Å². The lowest BCUT2D eigenvalue weighted by molar-refractivity contribution is -0.123. The van der Waals surface area contributed by atoms with Crippen molar-refractivity contribution in [3.63, 3.8) is 0 Å². The van der Waals surface area contributed by atoms with Gasteiger partial charge in [0.15, 0.2) is 0 Å². The summed E-state index contributed by atoms with van der Waals surface area (Å²) in [6, 6.07) is 6.87. The number of hydrogen-bond acceptors (Lipinski definition) is 3. The molecule has 2 fully saturated rings. The minimum Gasteiger partial charge on any atom is -0.369 e. The van der Waals surface area contributed by atoms with Crippen LogP contribution in [0.15, 0.2) is 24.3 Å². The summed E-state index contributed by atoms with van der Waals surface area (Å²) in [4.78, 5) is 14.6. The lowest BCUT2D eigenvalue weighted by atomic mass is 9.85. The minimum absolute atomic E-state index is 0. The van der Waals surface area contributed by atoms with Gasteiger partial charge in [-0.25, -0.2) is 4.39 Å². The summed E-state index contributed by atoms with van der Waals surface area (Å²) in [6.45, 7) is 6.00. The van der Waals surface area contributed by atoms with Crippen molar-refractivity contribution in [3.05, 3.63) is 30.1 Å². The standard InChI is InChI=1S/C20H30FN3O.2ClH/c1-15(16-5-3-9-22-13-16)11-20(25)23-18-7-4-10-24(14-18)19-8-2-6-17(21)12-19;;/h2,6,8,12,15-16,18,22H,3-5,7,9-11,13-14H2,1H3,(H,23,25);2*1H. The van der Waals surface area contributed by atoms with E-state index >= 15 is 0 Å². The van der Waals surface area contributed by atoms with Crippen molar-refractivity contribution >= 4 is 36.4 Å². The molecule has 2 heterocycles. The fraction of sp³-hybridized carbons (Fsp3) is 0.650. The zero-order chi connectivity index (χ0) is 17.6. The van der Waals surface area contributed by atoms with Crippen LogP contribution in [0, 0.1) is 17.7 Å². The van der Waals surface area contributed by atoms with E-state index in [4.69, 9.17) is 0 Å². The maximum Gasteiger partial charge on any atom is 0.220 e. The minimum atomic E-state index is -0.210. The van der Waals surface area contributed by atoms with Crippen molar-refractivity contribution in [2.24, 2.45) is 11.8 Å². The molecule has 0 aliphatic carbocycles. The summed E-state index contributed by atoms with van der Waals surface area (Å²) >= 11 is 0. The van der Waals surface area contributed by atoms with Crippen LogP contribution in [0.5, 0.6) is 0 Å². The summed E-state index contributed by atoms with van der Waals surface area (Å²) < 4.78 is 13.4. The van der Waals surface area contributed by atoms with Gasteiger partial charge < -0.3 is 15.5 Å². The van der Waals surface area contributed by atoms with Gasteiger partial charge in [0.1, 0.15) is 5.82 Å². The average Bonchev–Trinajstić information content (AvgIpc) is 2.62.